The molecule has 1 aromatic carbocycles. The Labute approximate surface area is 118 Å². The average molecular weight is 291 g/mol. The minimum Gasteiger partial charge on any atom is -0.465 e. The van der Waals surface area contributed by atoms with Gasteiger partial charge in [0, 0.05) is 6.20 Å². The van der Waals surface area contributed by atoms with Crippen molar-refractivity contribution in [2.45, 2.75) is 5.25 Å². The smallest absolute Gasteiger partial charge is 0.337 e. The third-order valence-corrected chi connectivity index (χ3v) is 3.71. The molecule has 1 aromatic heterocycles. The first-order valence-corrected chi connectivity index (χ1v) is 6.99. The van der Waals surface area contributed by atoms with Crippen LogP contribution in [0.2, 0.25) is 0 Å². The Kier molecular flexibility index (Phi) is 4.60. The summed E-state index contributed by atoms with van der Waals surface area (Å²) in [7, 11) is 1.30. The molecule has 5 nitrogen and oxygen atoms in total. The fourth-order valence-corrected chi connectivity index (χ4v) is 2.57. The lowest BCUT2D eigenvalue weighted by atomic mass is 10.1. The number of hydrogen-bond acceptors (Lipinski definition) is 4. The number of methoxy groups -OCH3 is 1. The second-order valence-corrected chi connectivity index (χ2v) is 5.05. The maximum Gasteiger partial charge on any atom is 0.337 e. The number of ether oxygens (including phenoxy) is 1. The summed E-state index contributed by atoms with van der Waals surface area (Å²) in [5.41, 5.74) is 1.50. The number of benzene rings is 1. The van der Waals surface area contributed by atoms with Crippen molar-refractivity contribution in [2.24, 2.45) is 0 Å². The summed E-state index contributed by atoms with van der Waals surface area (Å²) in [4.78, 5) is 15.5. The second kappa shape index (κ2) is 6.40. The van der Waals surface area contributed by atoms with Crippen LogP contribution in [0, 0.1) is 0 Å². The summed E-state index contributed by atoms with van der Waals surface area (Å²) in [6.07, 6.45) is 1.57. The van der Waals surface area contributed by atoms with E-state index in [4.69, 9.17) is 0 Å². The van der Waals surface area contributed by atoms with Crippen LogP contribution in [0.3, 0.4) is 0 Å². The first-order valence-electron chi connectivity index (χ1n) is 5.82. The maximum absolute atomic E-state index is 11.6. The standard InChI is InChI=1S/C14H13NO4S/c1-19-14(16)11-7-5-10(6-8-11)13(20(17)18)12-4-2-3-9-15-12/h2-9,13H,1H3,(H,17,18). The van der Waals surface area contributed by atoms with Gasteiger partial charge < -0.3 is 9.29 Å². The highest BCUT2D eigenvalue weighted by atomic mass is 32.2. The molecule has 0 radical (unpaired) electrons. The minimum atomic E-state index is -2.10. The molecule has 0 aliphatic heterocycles. The van der Waals surface area contributed by atoms with E-state index < -0.39 is 22.3 Å². The number of rotatable bonds is 4. The Bertz CT molecular complexity index is 613. The first kappa shape index (κ1) is 14.4. The topological polar surface area (TPSA) is 76.5 Å². The van der Waals surface area contributed by atoms with Crippen LogP contribution < -0.4 is 0 Å². The van der Waals surface area contributed by atoms with Crippen molar-refractivity contribution >= 4 is 17.0 Å². The van der Waals surface area contributed by atoms with Crippen LogP contribution in [0.1, 0.15) is 26.9 Å². The number of nitrogens with zero attached hydrogens (tertiary/aromatic N) is 1. The number of aromatic nitrogens is 1. The molecular formula is C14H13NO4S. The van der Waals surface area contributed by atoms with Gasteiger partial charge in [0.05, 0.1) is 18.4 Å². The summed E-state index contributed by atoms with van der Waals surface area (Å²) in [6, 6.07) is 11.5. The van der Waals surface area contributed by atoms with E-state index in [1.165, 1.54) is 7.11 Å². The Morgan fingerprint density at radius 3 is 2.45 bits per heavy atom. The van der Waals surface area contributed by atoms with Gasteiger partial charge in [-0.2, -0.15) is 0 Å². The van der Waals surface area contributed by atoms with Gasteiger partial charge in [-0.25, -0.2) is 9.00 Å². The van der Waals surface area contributed by atoms with Gasteiger partial charge in [0.25, 0.3) is 0 Å². The van der Waals surface area contributed by atoms with Gasteiger partial charge in [-0.3, -0.25) is 4.98 Å². The van der Waals surface area contributed by atoms with Crippen molar-refractivity contribution in [3.05, 3.63) is 65.5 Å². The largest absolute Gasteiger partial charge is 0.465 e. The van der Waals surface area contributed by atoms with E-state index in [0.29, 0.717) is 16.8 Å². The normalized spacial score (nSPS) is 13.5. The Hall–Kier alpha value is -2.05. The molecule has 0 saturated carbocycles. The van der Waals surface area contributed by atoms with Crippen molar-refractivity contribution in [2.75, 3.05) is 7.11 Å². The highest BCUT2D eigenvalue weighted by Gasteiger charge is 2.21. The highest BCUT2D eigenvalue weighted by Crippen LogP contribution is 2.26. The van der Waals surface area contributed by atoms with E-state index in [-0.39, 0.29) is 0 Å². The van der Waals surface area contributed by atoms with Crippen LogP contribution in [-0.4, -0.2) is 26.8 Å². The molecule has 2 aromatic rings. The molecule has 2 unspecified atom stereocenters. The number of carbonyl (C=O) groups excluding carboxylic acids is 1. The number of hydrogen-bond donors (Lipinski definition) is 1. The van der Waals surface area contributed by atoms with Gasteiger partial charge >= 0.3 is 5.97 Å². The fraction of sp³-hybridized carbons (Fsp3) is 0.143. The Balaban J connectivity index is 2.36. The fourth-order valence-electron chi connectivity index (χ4n) is 1.83. The number of carbonyl (C=O) groups is 1. The summed E-state index contributed by atoms with van der Waals surface area (Å²) >= 11 is -2.10. The zero-order valence-corrected chi connectivity index (χ0v) is 11.5. The van der Waals surface area contributed by atoms with Crippen LogP contribution >= 0.6 is 0 Å². The predicted octanol–water partition coefficient (Wildman–Crippen LogP) is 2.18. The van der Waals surface area contributed by atoms with Crippen molar-refractivity contribution < 1.29 is 18.3 Å². The molecule has 0 bridgehead atoms. The lowest BCUT2D eigenvalue weighted by molar-refractivity contribution is 0.0600. The van der Waals surface area contributed by atoms with Crippen LogP contribution in [0.25, 0.3) is 0 Å². The zero-order valence-electron chi connectivity index (χ0n) is 10.7. The highest BCUT2D eigenvalue weighted by molar-refractivity contribution is 7.79. The molecule has 0 aliphatic rings. The minimum absolute atomic E-state index is 0.389. The Morgan fingerprint density at radius 1 is 1.25 bits per heavy atom. The van der Waals surface area contributed by atoms with Crippen molar-refractivity contribution in [3.63, 3.8) is 0 Å². The maximum atomic E-state index is 11.6. The average Bonchev–Trinajstić information content (AvgIpc) is 2.48. The summed E-state index contributed by atoms with van der Waals surface area (Å²) < 4.78 is 25.6. The van der Waals surface area contributed by atoms with E-state index in [2.05, 4.69) is 9.72 Å². The summed E-state index contributed by atoms with van der Waals surface area (Å²) in [6.45, 7) is 0. The number of pyridine rings is 1. The van der Waals surface area contributed by atoms with Crippen molar-refractivity contribution in [1.29, 1.82) is 0 Å². The molecule has 0 saturated heterocycles. The van der Waals surface area contributed by atoms with Crippen LogP contribution in [0.5, 0.6) is 0 Å². The third-order valence-electron chi connectivity index (χ3n) is 2.79. The van der Waals surface area contributed by atoms with Crippen LogP contribution in [0.4, 0.5) is 0 Å². The van der Waals surface area contributed by atoms with Gasteiger partial charge in [-0.15, -0.1) is 0 Å². The molecule has 0 aliphatic carbocycles. The molecule has 104 valence electrons. The quantitative estimate of drug-likeness (QED) is 0.690. The molecule has 6 heteroatoms. The monoisotopic (exact) mass is 291 g/mol. The van der Waals surface area contributed by atoms with Gasteiger partial charge in [-0.1, -0.05) is 18.2 Å². The van der Waals surface area contributed by atoms with E-state index >= 15 is 0 Å². The third kappa shape index (κ3) is 3.09. The molecule has 2 rings (SSSR count). The first-order chi connectivity index (χ1) is 9.63. The molecular weight excluding hydrogens is 278 g/mol. The second-order valence-electron chi connectivity index (χ2n) is 4.02. The van der Waals surface area contributed by atoms with Gasteiger partial charge in [0.1, 0.15) is 5.25 Å². The van der Waals surface area contributed by atoms with Gasteiger partial charge in [-0.05, 0) is 29.8 Å². The van der Waals surface area contributed by atoms with Gasteiger partial charge in [0.15, 0.2) is 11.1 Å². The lowest BCUT2D eigenvalue weighted by Gasteiger charge is -2.13. The lowest BCUT2D eigenvalue weighted by Crippen LogP contribution is -2.10. The SMILES string of the molecule is COC(=O)c1ccc(C(c2ccccn2)S(=O)O)cc1. The van der Waals surface area contributed by atoms with Crippen molar-refractivity contribution in [3.8, 4) is 0 Å². The number of esters is 1. The molecule has 1 heterocycles. The zero-order chi connectivity index (χ0) is 14.5. The molecule has 0 amide bonds. The van der Waals surface area contributed by atoms with E-state index in [9.17, 15) is 13.6 Å². The predicted molar refractivity (Wildman–Crippen MR) is 74.6 cm³/mol. The molecule has 2 atom stereocenters. The molecule has 0 spiro atoms. The molecule has 1 N–H and O–H groups in total. The summed E-state index contributed by atoms with van der Waals surface area (Å²) in [5.74, 6) is -0.448. The molecule has 0 fully saturated rings. The van der Waals surface area contributed by atoms with E-state index in [1.807, 2.05) is 0 Å². The molecule has 20 heavy (non-hydrogen) atoms. The van der Waals surface area contributed by atoms with E-state index in [1.54, 1.807) is 48.7 Å². The van der Waals surface area contributed by atoms with Crippen molar-refractivity contribution in [1.82, 2.24) is 4.98 Å². The van der Waals surface area contributed by atoms with Crippen LogP contribution in [-0.2, 0) is 15.8 Å². The van der Waals surface area contributed by atoms with Crippen LogP contribution in [0.15, 0.2) is 48.7 Å². The van der Waals surface area contributed by atoms with Gasteiger partial charge in [0.2, 0.25) is 0 Å². The summed E-state index contributed by atoms with van der Waals surface area (Å²) in [5, 5.41) is -0.747. The van der Waals surface area contributed by atoms with E-state index in [0.717, 1.165) is 0 Å². The Morgan fingerprint density at radius 2 is 1.95 bits per heavy atom.